The Morgan fingerprint density at radius 3 is 2.52 bits per heavy atom. The van der Waals surface area contributed by atoms with Gasteiger partial charge < -0.3 is 14.9 Å². The molecule has 2 N–H and O–H groups in total. The lowest BCUT2D eigenvalue weighted by atomic mass is 9.90. The Labute approximate surface area is 158 Å². The van der Waals surface area contributed by atoms with Crippen LogP contribution in [-0.2, 0) is 11.3 Å². The number of carbonyl (C=O) groups excluding carboxylic acids is 1. The predicted molar refractivity (Wildman–Crippen MR) is 102 cm³/mol. The maximum atomic E-state index is 12.5. The molecule has 0 radical (unpaired) electrons. The van der Waals surface area contributed by atoms with Crippen molar-refractivity contribution in [3.8, 4) is 0 Å². The van der Waals surface area contributed by atoms with Crippen molar-refractivity contribution < 1.29 is 9.90 Å². The Balaban J connectivity index is 1.49. The van der Waals surface area contributed by atoms with E-state index in [1.807, 2.05) is 0 Å². The highest BCUT2D eigenvalue weighted by Crippen LogP contribution is 2.22. The molecule has 1 amide bonds. The fraction of sp³-hybridized carbons (Fsp3) is 0.737. The highest BCUT2D eigenvalue weighted by atomic mass is 16.3. The molecule has 0 aromatic carbocycles. The molecule has 8 heteroatoms. The maximum absolute atomic E-state index is 12.5. The number of likely N-dealkylation sites (tertiary alicyclic amines) is 2. The third-order valence-electron chi connectivity index (χ3n) is 5.82. The Morgan fingerprint density at radius 1 is 1.19 bits per heavy atom. The molecule has 0 bridgehead atoms. The summed E-state index contributed by atoms with van der Waals surface area (Å²) in [6.07, 6.45) is 6.34. The molecule has 1 aromatic rings. The molecule has 3 rings (SSSR count). The second-order valence-corrected chi connectivity index (χ2v) is 7.85. The van der Waals surface area contributed by atoms with Gasteiger partial charge in [-0.2, -0.15) is 0 Å². The summed E-state index contributed by atoms with van der Waals surface area (Å²) >= 11 is 0. The Morgan fingerprint density at radius 2 is 1.85 bits per heavy atom. The maximum Gasteiger partial charge on any atom is 0.328 e. The molecule has 2 saturated heterocycles. The van der Waals surface area contributed by atoms with E-state index in [2.05, 4.69) is 9.88 Å². The van der Waals surface area contributed by atoms with Crippen LogP contribution in [-0.4, -0.2) is 69.2 Å². The Kier molecular flexibility index (Phi) is 6.49. The first-order chi connectivity index (χ1) is 12.9. The lowest BCUT2D eigenvalue weighted by Crippen LogP contribution is -2.46. The first kappa shape index (κ1) is 19.8. The summed E-state index contributed by atoms with van der Waals surface area (Å²) in [5.41, 5.74) is -0.583. The molecule has 1 unspecified atom stereocenters. The van der Waals surface area contributed by atoms with Crippen LogP contribution >= 0.6 is 0 Å². The minimum atomic E-state index is -0.564. The number of amides is 1. The van der Waals surface area contributed by atoms with Gasteiger partial charge in [0, 0.05) is 31.4 Å². The number of aromatic nitrogens is 2. The Hall–Kier alpha value is -1.93. The van der Waals surface area contributed by atoms with Gasteiger partial charge in [-0.3, -0.25) is 19.1 Å². The molecule has 2 fully saturated rings. The fourth-order valence-corrected chi connectivity index (χ4v) is 4.07. The van der Waals surface area contributed by atoms with E-state index in [1.54, 1.807) is 11.8 Å². The standard InChI is InChI=1S/C19H30N4O4/c1-14-11-23(19(27)20-18(14)26)13-17(25)22-9-5-15(6-10-22)16(24)12-21-7-3-2-4-8-21/h11,15-16,24H,2-10,12-13H2,1H3,(H,20,26,27). The van der Waals surface area contributed by atoms with E-state index in [0.717, 1.165) is 32.5 Å². The van der Waals surface area contributed by atoms with Crippen LogP contribution in [0, 0.1) is 12.8 Å². The van der Waals surface area contributed by atoms with Crippen LogP contribution in [0.25, 0.3) is 0 Å². The van der Waals surface area contributed by atoms with E-state index in [0.29, 0.717) is 18.7 Å². The van der Waals surface area contributed by atoms with Gasteiger partial charge in [-0.1, -0.05) is 6.42 Å². The van der Waals surface area contributed by atoms with Crippen molar-refractivity contribution in [3.05, 3.63) is 32.6 Å². The highest BCUT2D eigenvalue weighted by Gasteiger charge is 2.29. The predicted octanol–water partition coefficient (Wildman–Crippen LogP) is -0.0696. The van der Waals surface area contributed by atoms with Crippen LogP contribution in [0.3, 0.4) is 0 Å². The summed E-state index contributed by atoms with van der Waals surface area (Å²) in [7, 11) is 0. The summed E-state index contributed by atoms with van der Waals surface area (Å²) in [6, 6.07) is 0. The topological polar surface area (TPSA) is 98.6 Å². The van der Waals surface area contributed by atoms with Gasteiger partial charge in [0.05, 0.1) is 6.10 Å². The number of aryl methyl sites for hydroxylation is 1. The molecule has 8 nitrogen and oxygen atoms in total. The van der Waals surface area contributed by atoms with Gasteiger partial charge in [0.1, 0.15) is 6.54 Å². The third-order valence-corrected chi connectivity index (χ3v) is 5.82. The van der Waals surface area contributed by atoms with E-state index < -0.39 is 11.2 Å². The number of hydrogen-bond acceptors (Lipinski definition) is 5. The molecule has 0 saturated carbocycles. The number of H-pyrrole nitrogens is 1. The largest absolute Gasteiger partial charge is 0.392 e. The van der Waals surface area contributed by atoms with Crippen molar-refractivity contribution in [2.75, 3.05) is 32.7 Å². The number of aliphatic hydroxyl groups excluding tert-OH is 1. The monoisotopic (exact) mass is 378 g/mol. The zero-order valence-electron chi connectivity index (χ0n) is 16.0. The van der Waals surface area contributed by atoms with Crippen LogP contribution in [0.15, 0.2) is 15.8 Å². The second-order valence-electron chi connectivity index (χ2n) is 7.85. The zero-order chi connectivity index (χ0) is 19.4. The molecule has 0 spiro atoms. The number of hydrogen-bond donors (Lipinski definition) is 2. The van der Waals surface area contributed by atoms with Crippen molar-refractivity contribution in [1.82, 2.24) is 19.4 Å². The van der Waals surface area contributed by atoms with Gasteiger partial charge in [-0.15, -0.1) is 0 Å². The molecule has 2 aliphatic rings. The van der Waals surface area contributed by atoms with Crippen LogP contribution in [0.1, 0.15) is 37.7 Å². The summed E-state index contributed by atoms with van der Waals surface area (Å²) < 4.78 is 1.25. The van der Waals surface area contributed by atoms with E-state index in [9.17, 15) is 19.5 Å². The molecule has 1 atom stereocenters. The molecular formula is C19H30N4O4. The van der Waals surface area contributed by atoms with Gasteiger partial charge in [0.25, 0.3) is 5.56 Å². The summed E-state index contributed by atoms with van der Waals surface area (Å²) in [5.74, 6) is 0.0848. The van der Waals surface area contributed by atoms with E-state index in [1.165, 1.54) is 30.0 Å². The number of β-amino-alcohol motifs (C(OH)–C–C–N with tert-alkyl or cyclic N) is 1. The molecule has 3 heterocycles. The number of nitrogens with one attached hydrogen (secondary N) is 1. The second kappa shape index (κ2) is 8.84. The van der Waals surface area contributed by atoms with Gasteiger partial charge in [0.15, 0.2) is 0 Å². The number of rotatable bonds is 5. The number of aliphatic hydroxyl groups is 1. The number of carbonyl (C=O) groups is 1. The fourth-order valence-electron chi connectivity index (χ4n) is 4.07. The first-order valence-corrected chi connectivity index (χ1v) is 9.92. The SMILES string of the molecule is Cc1cn(CC(=O)N2CCC(C(O)CN3CCCCC3)CC2)c(=O)[nH]c1=O. The van der Waals surface area contributed by atoms with Crippen LogP contribution < -0.4 is 11.2 Å². The molecule has 0 aliphatic carbocycles. The van der Waals surface area contributed by atoms with E-state index >= 15 is 0 Å². The molecule has 2 aliphatic heterocycles. The number of aromatic amines is 1. The van der Waals surface area contributed by atoms with Crippen molar-refractivity contribution >= 4 is 5.91 Å². The van der Waals surface area contributed by atoms with Gasteiger partial charge in [-0.05, 0) is 51.6 Å². The minimum Gasteiger partial charge on any atom is -0.392 e. The van der Waals surface area contributed by atoms with Gasteiger partial charge in [-0.25, -0.2) is 4.79 Å². The van der Waals surface area contributed by atoms with E-state index in [-0.39, 0.29) is 24.5 Å². The highest BCUT2D eigenvalue weighted by molar-refractivity contribution is 5.76. The normalized spacial score (nSPS) is 20.6. The van der Waals surface area contributed by atoms with Crippen LogP contribution in [0.4, 0.5) is 0 Å². The number of piperidine rings is 2. The van der Waals surface area contributed by atoms with Crippen molar-refractivity contribution in [2.24, 2.45) is 5.92 Å². The third kappa shape index (κ3) is 5.07. The van der Waals surface area contributed by atoms with Crippen molar-refractivity contribution in [1.29, 1.82) is 0 Å². The van der Waals surface area contributed by atoms with Crippen LogP contribution in [0.2, 0.25) is 0 Å². The molecule has 27 heavy (non-hydrogen) atoms. The summed E-state index contributed by atoms with van der Waals surface area (Å²) in [6.45, 7) is 5.59. The zero-order valence-corrected chi connectivity index (χ0v) is 16.0. The average Bonchev–Trinajstić information content (AvgIpc) is 2.67. The quantitative estimate of drug-likeness (QED) is 0.747. The first-order valence-electron chi connectivity index (χ1n) is 9.92. The summed E-state index contributed by atoms with van der Waals surface area (Å²) in [4.78, 5) is 42.1. The Bertz CT molecular complexity index is 758. The lowest BCUT2D eigenvalue weighted by molar-refractivity contribution is -0.134. The van der Waals surface area contributed by atoms with Crippen molar-refractivity contribution in [2.45, 2.75) is 51.7 Å². The van der Waals surface area contributed by atoms with Gasteiger partial charge >= 0.3 is 5.69 Å². The molecular weight excluding hydrogens is 348 g/mol. The smallest absolute Gasteiger partial charge is 0.328 e. The van der Waals surface area contributed by atoms with E-state index in [4.69, 9.17) is 0 Å². The molecule has 1 aromatic heterocycles. The number of nitrogens with zero attached hydrogens (tertiary/aromatic N) is 3. The molecule has 150 valence electrons. The van der Waals surface area contributed by atoms with Crippen molar-refractivity contribution in [3.63, 3.8) is 0 Å². The van der Waals surface area contributed by atoms with Gasteiger partial charge in [0.2, 0.25) is 5.91 Å². The summed E-state index contributed by atoms with van der Waals surface area (Å²) in [5, 5.41) is 10.6. The lowest BCUT2D eigenvalue weighted by Gasteiger charge is -2.36. The van der Waals surface area contributed by atoms with Crippen LogP contribution in [0.5, 0.6) is 0 Å². The minimum absolute atomic E-state index is 0.0720. The average molecular weight is 378 g/mol.